The molecule has 0 aromatic rings. The number of aliphatic hydroxyl groups excluding tert-OH is 1. The van der Waals surface area contributed by atoms with Gasteiger partial charge in [-0.3, -0.25) is 0 Å². The van der Waals surface area contributed by atoms with Gasteiger partial charge in [0.25, 0.3) is 0 Å². The maximum atomic E-state index is 9.35. The summed E-state index contributed by atoms with van der Waals surface area (Å²) in [7, 11) is 0. The zero-order valence-corrected chi connectivity index (χ0v) is 10.7. The van der Waals surface area contributed by atoms with E-state index in [-0.39, 0.29) is 12.6 Å². The molecule has 1 heterocycles. The van der Waals surface area contributed by atoms with Crippen molar-refractivity contribution in [3.05, 3.63) is 0 Å². The van der Waals surface area contributed by atoms with Gasteiger partial charge < -0.3 is 15.3 Å². The lowest BCUT2D eigenvalue weighted by Gasteiger charge is -2.38. The highest BCUT2D eigenvalue weighted by Gasteiger charge is 2.28. The highest BCUT2D eigenvalue weighted by molar-refractivity contribution is 4.87. The van der Waals surface area contributed by atoms with Crippen LogP contribution in [0.1, 0.15) is 39.5 Å². The number of hydrogen-bond donors (Lipinski definition) is 2. The van der Waals surface area contributed by atoms with Crippen molar-refractivity contribution < 1.29 is 5.11 Å². The first-order valence-electron chi connectivity index (χ1n) is 6.68. The van der Waals surface area contributed by atoms with E-state index >= 15 is 0 Å². The molecule has 2 aliphatic rings. The lowest BCUT2D eigenvalue weighted by Crippen LogP contribution is -2.47. The number of nitrogens with zero attached hydrogens (tertiary/aromatic N) is 1. The molecule has 1 saturated heterocycles. The highest BCUT2D eigenvalue weighted by atomic mass is 16.3. The van der Waals surface area contributed by atoms with Crippen LogP contribution in [0.5, 0.6) is 0 Å². The van der Waals surface area contributed by atoms with Crippen molar-refractivity contribution in [1.82, 2.24) is 10.2 Å². The third-order valence-electron chi connectivity index (χ3n) is 3.96. The predicted octanol–water partition coefficient (Wildman–Crippen LogP) is 1.22. The second kappa shape index (κ2) is 5.03. The summed E-state index contributed by atoms with van der Waals surface area (Å²) in [6.07, 6.45) is 5.16. The third kappa shape index (κ3) is 3.72. The summed E-state index contributed by atoms with van der Waals surface area (Å²) in [6.45, 7) is 8.39. The zero-order valence-electron chi connectivity index (χ0n) is 10.7. The molecular weight excluding hydrogens is 200 g/mol. The summed E-state index contributed by atoms with van der Waals surface area (Å²) in [6, 6.07) is 0.979. The summed E-state index contributed by atoms with van der Waals surface area (Å²) in [5, 5.41) is 12.9. The molecule has 2 rings (SSSR count). The minimum atomic E-state index is 0.274. The molecule has 0 radical (unpaired) electrons. The average molecular weight is 226 g/mol. The summed E-state index contributed by atoms with van der Waals surface area (Å²) < 4.78 is 0. The highest BCUT2D eigenvalue weighted by Crippen LogP contribution is 2.29. The van der Waals surface area contributed by atoms with E-state index in [1.165, 1.54) is 38.8 Å². The number of aliphatic hydroxyl groups is 1. The lowest BCUT2D eigenvalue weighted by molar-refractivity contribution is 0.108. The van der Waals surface area contributed by atoms with E-state index in [9.17, 15) is 5.11 Å². The fraction of sp³-hybridized carbons (Fsp3) is 1.00. The fourth-order valence-electron chi connectivity index (χ4n) is 2.40. The first kappa shape index (κ1) is 12.3. The van der Waals surface area contributed by atoms with Crippen molar-refractivity contribution >= 4 is 0 Å². The average Bonchev–Trinajstić information content (AvgIpc) is 3.04. The van der Waals surface area contributed by atoms with Crippen molar-refractivity contribution in [2.75, 3.05) is 26.2 Å². The molecule has 1 saturated carbocycles. The predicted molar refractivity (Wildman–Crippen MR) is 66.5 cm³/mol. The van der Waals surface area contributed by atoms with Crippen LogP contribution < -0.4 is 5.32 Å². The van der Waals surface area contributed by atoms with Gasteiger partial charge in [0.05, 0.1) is 6.61 Å². The number of hydrogen-bond acceptors (Lipinski definition) is 3. The van der Waals surface area contributed by atoms with Crippen LogP contribution in [0.25, 0.3) is 0 Å². The number of rotatable bonds is 5. The first-order valence-corrected chi connectivity index (χ1v) is 6.68. The SMILES string of the molecule is CC1(C)CCN(CC(CO)NC2CC2)CC1. The van der Waals surface area contributed by atoms with Gasteiger partial charge in [0, 0.05) is 18.6 Å². The van der Waals surface area contributed by atoms with Gasteiger partial charge in [0.2, 0.25) is 0 Å². The van der Waals surface area contributed by atoms with E-state index in [0.717, 1.165) is 6.54 Å². The zero-order chi connectivity index (χ0) is 11.6. The molecule has 1 atom stereocenters. The quantitative estimate of drug-likeness (QED) is 0.740. The Morgan fingerprint density at radius 1 is 1.31 bits per heavy atom. The molecule has 0 aromatic carbocycles. The van der Waals surface area contributed by atoms with Gasteiger partial charge in [-0.15, -0.1) is 0 Å². The number of likely N-dealkylation sites (tertiary alicyclic amines) is 1. The Bertz CT molecular complexity index is 216. The summed E-state index contributed by atoms with van der Waals surface area (Å²) in [5.74, 6) is 0. The van der Waals surface area contributed by atoms with Crippen LogP contribution in [0.2, 0.25) is 0 Å². The molecule has 0 aromatic heterocycles. The van der Waals surface area contributed by atoms with E-state index in [4.69, 9.17) is 0 Å². The van der Waals surface area contributed by atoms with Crippen molar-refractivity contribution in [1.29, 1.82) is 0 Å². The van der Waals surface area contributed by atoms with Crippen LogP contribution in [0.15, 0.2) is 0 Å². The minimum Gasteiger partial charge on any atom is -0.395 e. The third-order valence-corrected chi connectivity index (χ3v) is 3.96. The normalized spacial score (nSPS) is 27.9. The second-order valence-corrected chi connectivity index (χ2v) is 6.29. The minimum absolute atomic E-state index is 0.274. The molecule has 1 unspecified atom stereocenters. The maximum absolute atomic E-state index is 9.35. The molecule has 0 amide bonds. The van der Waals surface area contributed by atoms with Crippen molar-refractivity contribution in [3.63, 3.8) is 0 Å². The van der Waals surface area contributed by atoms with E-state index in [2.05, 4.69) is 24.1 Å². The standard InChI is InChI=1S/C13H26N2O/c1-13(2)5-7-15(8-6-13)9-12(10-16)14-11-3-4-11/h11-12,14,16H,3-10H2,1-2H3. The molecule has 94 valence electrons. The van der Waals surface area contributed by atoms with Crippen molar-refractivity contribution in [3.8, 4) is 0 Å². The molecule has 3 heteroatoms. The van der Waals surface area contributed by atoms with Gasteiger partial charge in [0.1, 0.15) is 0 Å². The van der Waals surface area contributed by atoms with E-state index in [0.29, 0.717) is 11.5 Å². The summed E-state index contributed by atoms with van der Waals surface area (Å²) in [5.41, 5.74) is 0.523. The smallest absolute Gasteiger partial charge is 0.0597 e. The van der Waals surface area contributed by atoms with Crippen LogP contribution in [-0.4, -0.2) is 48.3 Å². The van der Waals surface area contributed by atoms with Gasteiger partial charge in [-0.2, -0.15) is 0 Å². The van der Waals surface area contributed by atoms with Gasteiger partial charge in [-0.1, -0.05) is 13.8 Å². The van der Waals surface area contributed by atoms with Gasteiger partial charge in [-0.25, -0.2) is 0 Å². The van der Waals surface area contributed by atoms with E-state index in [1.54, 1.807) is 0 Å². The van der Waals surface area contributed by atoms with Gasteiger partial charge in [0.15, 0.2) is 0 Å². The molecule has 0 spiro atoms. The first-order chi connectivity index (χ1) is 7.59. The lowest BCUT2D eigenvalue weighted by atomic mass is 9.82. The monoisotopic (exact) mass is 226 g/mol. The summed E-state index contributed by atoms with van der Waals surface area (Å²) in [4.78, 5) is 2.50. The Morgan fingerprint density at radius 3 is 2.44 bits per heavy atom. The van der Waals surface area contributed by atoms with Crippen LogP contribution >= 0.6 is 0 Å². The molecule has 1 aliphatic heterocycles. The topological polar surface area (TPSA) is 35.5 Å². The molecule has 16 heavy (non-hydrogen) atoms. The summed E-state index contributed by atoms with van der Waals surface area (Å²) >= 11 is 0. The molecular formula is C13H26N2O. The molecule has 2 N–H and O–H groups in total. The molecule has 0 bridgehead atoms. The van der Waals surface area contributed by atoms with E-state index in [1.807, 2.05) is 0 Å². The largest absolute Gasteiger partial charge is 0.395 e. The second-order valence-electron chi connectivity index (χ2n) is 6.29. The molecule has 2 fully saturated rings. The van der Waals surface area contributed by atoms with Gasteiger partial charge >= 0.3 is 0 Å². The fourth-order valence-corrected chi connectivity index (χ4v) is 2.40. The Morgan fingerprint density at radius 2 is 1.94 bits per heavy atom. The number of nitrogens with one attached hydrogen (secondary N) is 1. The van der Waals surface area contributed by atoms with Crippen LogP contribution in [0, 0.1) is 5.41 Å². The van der Waals surface area contributed by atoms with Crippen LogP contribution in [0.4, 0.5) is 0 Å². The van der Waals surface area contributed by atoms with Gasteiger partial charge in [-0.05, 0) is 44.2 Å². The Labute approximate surface area is 99.2 Å². The number of piperidine rings is 1. The molecule has 3 nitrogen and oxygen atoms in total. The van der Waals surface area contributed by atoms with E-state index < -0.39 is 0 Å². The molecule has 1 aliphatic carbocycles. The van der Waals surface area contributed by atoms with Crippen molar-refractivity contribution in [2.24, 2.45) is 5.41 Å². The van der Waals surface area contributed by atoms with Crippen LogP contribution in [0.3, 0.4) is 0 Å². The Balaban J connectivity index is 1.71. The Kier molecular flexibility index (Phi) is 3.88. The maximum Gasteiger partial charge on any atom is 0.0597 e. The van der Waals surface area contributed by atoms with Crippen LogP contribution in [-0.2, 0) is 0 Å². The Hall–Kier alpha value is -0.120. The van der Waals surface area contributed by atoms with Crippen molar-refractivity contribution in [2.45, 2.75) is 51.6 Å².